The summed E-state index contributed by atoms with van der Waals surface area (Å²) in [6, 6.07) is 85.1. The second-order valence-corrected chi connectivity index (χ2v) is 18.5. The van der Waals surface area contributed by atoms with Crippen LogP contribution < -0.4 is 29.4 Å². The molecule has 0 aliphatic rings. The summed E-state index contributed by atoms with van der Waals surface area (Å²) in [5, 5.41) is 0. The van der Waals surface area contributed by atoms with Gasteiger partial charge < -0.3 is 29.4 Å². The van der Waals surface area contributed by atoms with Crippen LogP contribution in [0.15, 0.2) is 323 Å². The second kappa shape index (κ2) is 81.6. The van der Waals surface area contributed by atoms with Crippen LogP contribution in [0.2, 0.25) is 0 Å². The van der Waals surface area contributed by atoms with Crippen molar-refractivity contribution in [3.8, 4) is 0 Å². The van der Waals surface area contributed by atoms with Crippen molar-refractivity contribution < 1.29 is 0 Å². The van der Waals surface area contributed by atoms with Crippen molar-refractivity contribution >= 4 is 68.5 Å². The summed E-state index contributed by atoms with van der Waals surface area (Å²) in [5.74, 6) is 1.85. The Labute approximate surface area is 660 Å². The van der Waals surface area contributed by atoms with Crippen LogP contribution in [0, 0.1) is 0 Å². The van der Waals surface area contributed by atoms with E-state index in [9.17, 15) is 0 Å². The van der Waals surface area contributed by atoms with E-state index in [2.05, 4.69) is 146 Å². The molecule has 0 spiro atoms. The van der Waals surface area contributed by atoms with Gasteiger partial charge in [0, 0.05) is 125 Å². The molecule has 6 heterocycles. The van der Waals surface area contributed by atoms with Crippen LogP contribution in [0.25, 0.3) is 0 Å². The van der Waals surface area contributed by atoms with Gasteiger partial charge in [-0.3, -0.25) is 19.9 Å². The molecule has 0 radical (unpaired) electrons. The lowest BCUT2D eigenvalue weighted by Gasteiger charge is -2.18. The lowest BCUT2D eigenvalue weighted by atomic mass is 10.2. The highest BCUT2D eigenvalue weighted by atomic mass is 15.2. The van der Waals surface area contributed by atoms with Crippen LogP contribution in [0.4, 0.5) is 68.5 Å². The Morgan fingerprint density at radius 1 is 0.157 bits per heavy atom. The zero-order chi connectivity index (χ0) is 82.8. The summed E-state index contributed by atoms with van der Waals surface area (Å²) in [6.45, 7) is 48.0. The van der Waals surface area contributed by atoms with Crippen molar-refractivity contribution in [1.82, 2.24) is 34.9 Å². The summed E-state index contributed by atoms with van der Waals surface area (Å²) in [5.41, 5.74) is 11.4. The van der Waals surface area contributed by atoms with Gasteiger partial charge in [0.2, 0.25) is 0 Å². The third-order valence-corrected chi connectivity index (χ3v) is 12.9. The summed E-state index contributed by atoms with van der Waals surface area (Å²) < 4.78 is 0. The van der Waals surface area contributed by atoms with Crippen molar-refractivity contribution in [1.29, 1.82) is 0 Å². The van der Waals surface area contributed by atoms with Crippen LogP contribution in [-0.2, 0) is 0 Å². The zero-order valence-corrected chi connectivity index (χ0v) is 72.4. The molecule has 13 heteroatoms. The Kier molecular flexibility index (Phi) is 81.5. The Morgan fingerprint density at radius 3 is 0.602 bits per heavy atom. The Bertz CT molecular complexity index is 2700. The minimum Gasteiger partial charge on any atom is -0.345 e. The maximum absolute atomic E-state index is 4.28. The van der Waals surface area contributed by atoms with Crippen molar-refractivity contribution in [2.45, 2.75) is 166 Å². The largest absolute Gasteiger partial charge is 0.345 e. The highest BCUT2D eigenvalue weighted by molar-refractivity contribution is 5.65. The average molecular weight is 1470 g/mol. The number of nitrogens with zero attached hydrogens (tertiary/aromatic N) is 13. The molecule has 0 aliphatic heterocycles. The molecule has 6 aromatic carbocycles. The minimum absolute atomic E-state index is 0.895. The Balaban J connectivity index is -0.000000273. The maximum Gasteiger partial charge on any atom is 0.136 e. The van der Waals surface area contributed by atoms with Crippen LogP contribution in [-0.4, -0.2) is 77.2 Å². The monoisotopic (exact) mass is 1470 g/mol. The zero-order valence-electron chi connectivity index (χ0n) is 72.4. The van der Waals surface area contributed by atoms with Gasteiger partial charge in [0.25, 0.3) is 0 Å². The molecule has 6 aromatic heterocycles. The lowest BCUT2D eigenvalue weighted by molar-refractivity contribution is 1.08. The van der Waals surface area contributed by atoms with Gasteiger partial charge in [-0.1, -0.05) is 281 Å². The first-order valence-electron chi connectivity index (χ1n) is 39.3. The third kappa shape index (κ3) is 47.4. The molecule has 0 saturated heterocycles. The van der Waals surface area contributed by atoms with E-state index in [1.54, 1.807) is 49.7 Å². The van der Waals surface area contributed by atoms with Gasteiger partial charge in [0.1, 0.15) is 18.0 Å². The number of rotatable bonds is 12. The highest BCUT2D eigenvalue weighted by Crippen LogP contribution is 2.26. The van der Waals surface area contributed by atoms with E-state index in [4.69, 9.17) is 0 Å². The van der Waals surface area contributed by atoms with Crippen LogP contribution in [0.1, 0.15) is 166 Å². The molecular formula is C95H143N13. The molecule has 588 valence electrons. The smallest absolute Gasteiger partial charge is 0.136 e. The summed E-state index contributed by atoms with van der Waals surface area (Å²) >= 11 is 0. The van der Waals surface area contributed by atoms with E-state index in [1.165, 1.54) is 22.7 Å². The fourth-order valence-electron chi connectivity index (χ4n) is 8.03. The first-order valence-corrected chi connectivity index (χ1v) is 39.3. The first kappa shape index (κ1) is 108. The maximum atomic E-state index is 4.28. The molecule has 0 atom stereocenters. The van der Waals surface area contributed by atoms with Gasteiger partial charge in [-0.05, 0) is 140 Å². The van der Waals surface area contributed by atoms with E-state index in [-0.39, 0.29) is 0 Å². The van der Waals surface area contributed by atoms with Crippen LogP contribution in [0.5, 0.6) is 0 Å². The SMILES string of the molecule is CC.CC.CC.CC.CC.CC.CC.CC.CC.CC.CC.CC.CN(c1ccccc1)c1ccccc1.CN(c1ccccc1)c1ccccn1.CN(c1ccccc1)c1cccnc1.CN(c1ccccc1)c1ccncc1.CN(c1ccccc1)c1ccncn1.CN(c1cccnc1)c1cccnc1. The van der Waals surface area contributed by atoms with Crippen molar-refractivity contribution in [3.05, 3.63) is 323 Å². The van der Waals surface area contributed by atoms with E-state index in [0.717, 1.165) is 45.8 Å². The fraction of sp³-hybridized carbons (Fsp3) is 0.316. The number of anilines is 12. The van der Waals surface area contributed by atoms with Crippen LogP contribution >= 0.6 is 0 Å². The van der Waals surface area contributed by atoms with Crippen molar-refractivity contribution in [2.75, 3.05) is 71.7 Å². The lowest BCUT2D eigenvalue weighted by Crippen LogP contribution is -2.10. The van der Waals surface area contributed by atoms with Gasteiger partial charge in [0.15, 0.2) is 0 Å². The number of benzene rings is 6. The quantitative estimate of drug-likeness (QED) is 0.116. The molecule has 0 unspecified atom stereocenters. The number of para-hydroxylation sites is 6. The van der Waals surface area contributed by atoms with Crippen molar-refractivity contribution in [3.63, 3.8) is 0 Å². The summed E-state index contributed by atoms with van der Waals surface area (Å²) in [6.07, 6.45) is 19.5. The number of hydrogen-bond donors (Lipinski definition) is 0. The normalized spacial score (nSPS) is 8.28. The van der Waals surface area contributed by atoms with E-state index < -0.39 is 0 Å². The minimum atomic E-state index is 0.895. The molecule has 0 N–H and O–H groups in total. The molecule has 0 saturated carbocycles. The van der Waals surface area contributed by atoms with Crippen molar-refractivity contribution in [2.24, 2.45) is 0 Å². The van der Waals surface area contributed by atoms with Gasteiger partial charge in [0.05, 0.1) is 35.7 Å². The second-order valence-electron chi connectivity index (χ2n) is 18.5. The fourth-order valence-corrected chi connectivity index (χ4v) is 8.03. The molecule has 12 aromatic rings. The molecule has 108 heavy (non-hydrogen) atoms. The molecule has 0 amide bonds. The molecule has 0 aliphatic carbocycles. The molecule has 13 nitrogen and oxygen atoms in total. The van der Waals surface area contributed by atoms with E-state index in [0.29, 0.717) is 0 Å². The highest BCUT2D eigenvalue weighted by Gasteiger charge is 2.07. The van der Waals surface area contributed by atoms with E-state index >= 15 is 0 Å². The number of aromatic nitrogens is 7. The van der Waals surface area contributed by atoms with Gasteiger partial charge in [-0.25, -0.2) is 15.0 Å². The first-order chi connectivity index (χ1) is 53.3. The molecular weight excluding hydrogens is 1320 g/mol. The summed E-state index contributed by atoms with van der Waals surface area (Å²) in [4.78, 5) is 41.1. The Morgan fingerprint density at radius 2 is 0.370 bits per heavy atom. The average Bonchev–Trinajstić information content (AvgIpc) is 0.915. The third-order valence-electron chi connectivity index (χ3n) is 12.9. The van der Waals surface area contributed by atoms with Crippen LogP contribution in [0.3, 0.4) is 0 Å². The molecule has 12 rings (SSSR count). The predicted molar refractivity (Wildman–Crippen MR) is 486 cm³/mol. The topological polar surface area (TPSA) is 110 Å². The Hall–Kier alpha value is -11.1. The standard InChI is InChI=1S/C13H13N.3C12H12N2.2C11H11N3.12C2H6/c1-14(12-8-4-2-5-9-12)13-10-6-3-7-11-13;1-14(11-7-3-2-4-8-11)12-9-5-6-10-13-12;1-14(11-6-3-2-4-7-11)12-8-5-9-13-10-12;1-14(11-5-3-2-4-6-11)12-7-9-13-10-8-12;1-14(10-4-2-6-12-8-10)11-5-3-7-13-9-11;1-14(10-5-3-2-4-6-10)11-7-8-12-9-13-11;12*1-2/h2-11H,1H3;3*2-10H,1H3;2*2-9H,1H3;12*1-2H3. The van der Waals surface area contributed by atoms with Gasteiger partial charge in [-0.2, -0.15) is 0 Å². The van der Waals surface area contributed by atoms with E-state index in [1.807, 2.05) is 400 Å². The summed E-state index contributed by atoms with van der Waals surface area (Å²) in [7, 11) is 12.1. The number of pyridine rings is 5. The predicted octanol–water partition coefficient (Wildman–Crippen LogP) is 28.8. The van der Waals surface area contributed by atoms with Gasteiger partial charge in [-0.15, -0.1) is 0 Å². The van der Waals surface area contributed by atoms with Gasteiger partial charge >= 0.3 is 0 Å². The molecule has 0 bridgehead atoms. The molecule has 0 fully saturated rings. The number of hydrogen-bond acceptors (Lipinski definition) is 13.